The summed E-state index contributed by atoms with van der Waals surface area (Å²) in [7, 11) is 0. The summed E-state index contributed by atoms with van der Waals surface area (Å²) in [4.78, 5) is 4.80. The van der Waals surface area contributed by atoms with Gasteiger partial charge in [-0.3, -0.25) is 0 Å². The molecule has 1 unspecified atom stereocenters. The van der Waals surface area contributed by atoms with E-state index in [1.807, 2.05) is 0 Å². The van der Waals surface area contributed by atoms with E-state index in [1.165, 1.54) is 50.1 Å². The molecule has 0 saturated carbocycles. The summed E-state index contributed by atoms with van der Waals surface area (Å²) in [6.07, 6.45) is 0. The number of fused-ring (bicyclic) bond motifs is 12. The van der Waals surface area contributed by atoms with Crippen LogP contribution in [0.1, 0.15) is 22.5 Å². The molecular weight excluding hydrogens is 801 g/mol. The van der Waals surface area contributed by atoms with Crippen molar-refractivity contribution in [1.82, 2.24) is 0 Å². The summed E-state index contributed by atoms with van der Waals surface area (Å²) >= 11 is 0. The highest BCUT2D eigenvalue weighted by Gasteiger charge is 2.56. The Bertz CT molecular complexity index is 3540. The first-order valence-electron chi connectivity index (χ1n) is 22.7. The van der Waals surface area contributed by atoms with Gasteiger partial charge in [-0.15, -0.1) is 0 Å². The Balaban J connectivity index is 1.06. The van der Waals surface area contributed by atoms with E-state index in [-0.39, 0.29) is 0 Å². The second kappa shape index (κ2) is 15.3. The smallest absolute Gasteiger partial charge is 0.135 e. The van der Waals surface area contributed by atoms with E-state index in [0.29, 0.717) is 0 Å². The number of furan rings is 1. The second-order valence-electron chi connectivity index (χ2n) is 17.2. The molecule has 3 heteroatoms. The van der Waals surface area contributed by atoms with E-state index in [0.717, 1.165) is 62.0 Å². The molecule has 0 aliphatic heterocycles. The van der Waals surface area contributed by atoms with Gasteiger partial charge in [0.1, 0.15) is 16.8 Å². The van der Waals surface area contributed by atoms with Crippen LogP contribution in [0.15, 0.2) is 259 Å². The minimum Gasteiger partial charge on any atom is -0.459 e. The summed E-state index contributed by atoms with van der Waals surface area (Å²) < 4.78 is 7.28. The summed E-state index contributed by atoms with van der Waals surface area (Å²) in [6.45, 7) is 0. The third-order valence-electron chi connectivity index (χ3n) is 13.6. The minimum absolute atomic E-state index is 0.710. The molecule has 0 radical (unpaired) electrons. The van der Waals surface area contributed by atoms with Crippen LogP contribution in [-0.4, -0.2) is 0 Å². The van der Waals surface area contributed by atoms with Crippen LogP contribution >= 0.6 is 0 Å². The summed E-state index contributed by atoms with van der Waals surface area (Å²) in [6, 6.07) is 92.1. The molecule has 0 N–H and O–H groups in total. The van der Waals surface area contributed by atoms with Crippen LogP contribution in [0, 0.1) is 0 Å². The van der Waals surface area contributed by atoms with Crippen molar-refractivity contribution >= 4 is 45.1 Å². The van der Waals surface area contributed by atoms with Crippen molar-refractivity contribution in [2.75, 3.05) is 9.80 Å². The molecule has 310 valence electrons. The van der Waals surface area contributed by atoms with E-state index < -0.39 is 5.41 Å². The molecule has 11 aromatic rings. The van der Waals surface area contributed by atoms with Gasteiger partial charge >= 0.3 is 0 Å². The maximum atomic E-state index is 7.28. The molecule has 13 rings (SSSR count). The van der Waals surface area contributed by atoms with Gasteiger partial charge in [-0.25, -0.2) is 0 Å². The first-order chi connectivity index (χ1) is 32.8. The van der Waals surface area contributed by atoms with Gasteiger partial charge in [-0.1, -0.05) is 182 Å². The first-order valence-corrected chi connectivity index (χ1v) is 22.7. The number of rotatable bonds is 8. The standard InChI is InChI=1S/C63H42N2O/c1-5-19-43(20-6-1)45-35-37-49(38-36-45)64(50-28-17-23-46(41-50)44-21-7-2-8-22-44)51-39-40-56-54(42-51)60-53-30-14-16-34-59(53)66-62(60)63(56)55-31-15-13-29-52(55)61-57(63)32-18-33-58(61)65(47-24-9-3-10-25-47)48-26-11-4-12-27-48/h1-42H. The zero-order valence-electron chi connectivity index (χ0n) is 36.1. The third kappa shape index (κ3) is 5.77. The number of hydrogen-bond acceptors (Lipinski definition) is 3. The molecule has 1 spiro atoms. The van der Waals surface area contributed by atoms with E-state index >= 15 is 0 Å². The topological polar surface area (TPSA) is 19.6 Å². The Morgan fingerprint density at radius 3 is 1.53 bits per heavy atom. The van der Waals surface area contributed by atoms with Gasteiger partial charge in [-0.05, 0) is 123 Å². The lowest BCUT2D eigenvalue weighted by Crippen LogP contribution is -2.25. The van der Waals surface area contributed by atoms with Crippen molar-refractivity contribution in [2.45, 2.75) is 5.41 Å². The number of hydrogen-bond donors (Lipinski definition) is 0. The van der Waals surface area contributed by atoms with Crippen LogP contribution in [0.5, 0.6) is 0 Å². The van der Waals surface area contributed by atoms with Crippen LogP contribution in [-0.2, 0) is 5.41 Å². The van der Waals surface area contributed by atoms with Gasteiger partial charge < -0.3 is 14.2 Å². The highest BCUT2D eigenvalue weighted by atomic mass is 16.3. The van der Waals surface area contributed by atoms with Crippen LogP contribution in [0.3, 0.4) is 0 Å². The summed E-state index contributed by atoms with van der Waals surface area (Å²) in [5.74, 6) is 0.968. The van der Waals surface area contributed by atoms with Gasteiger partial charge in [0, 0.05) is 45.0 Å². The van der Waals surface area contributed by atoms with Gasteiger partial charge in [0.15, 0.2) is 0 Å². The fourth-order valence-electron chi connectivity index (χ4n) is 10.9. The molecule has 1 aromatic heterocycles. The lowest BCUT2D eigenvalue weighted by Gasteiger charge is -2.31. The molecule has 0 bridgehead atoms. The Morgan fingerprint density at radius 1 is 0.303 bits per heavy atom. The van der Waals surface area contributed by atoms with Gasteiger partial charge in [0.25, 0.3) is 0 Å². The highest BCUT2D eigenvalue weighted by molar-refractivity contribution is 6.07. The monoisotopic (exact) mass is 842 g/mol. The SMILES string of the molecule is c1ccc(-c2ccc(N(c3cccc(-c4ccccc4)c3)c3ccc4c(c3)-c3c(oc5ccccc35)C43c4ccccc4-c4c(N(c5ccccc5)c5ccccc5)cccc43)cc2)cc1. The molecule has 2 aliphatic rings. The second-order valence-corrected chi connectivity index (χ2v) is 17.2. The van der Waals surface area contributed by atoms with Crippen molar-refractivity contribution in [3.8, 4) is 44.5 Å². The molecule has 0 fully saturated rings. The van der Waals surface area contributed by atoms with Gasteiger partial charge in [-0.2, -0.15) is 0 Å². The minimum atomic E-state index is -0.710. The maximum Gasteiger partial charge on any atom is 0.135 e. The fourth-order valence-corrected chi connectivity index (χ4v) is 10.9. The lowest BCUT2D eigenvalue weighted by molar-refractivity contribution is 0.507. The maximum absolute atomic E-state index is 7.28. The Labute approximate surface area is 384 Å². The average molecular weight is 843 g/mol. The predicted molar refractivity (Wildman–Crippen MR) is 273 cm³/mol. The average Bonchev–Trinajstić information content (AvgIpc) is 4.02. The number of nitrogens with zero attached hydrogens (tertiary/aromatic N) is 2. The Morgan fingerprint density at radius 2 is 0.803 bits per heavy atom. The Hall–Kier alpha value is -8.66. The number of para-hydroxylation sites is 3. The molecule has 2 aliphatic carbocycles. The largest absolute Gasteiger partial charge is 0.459 e. The molecule has 0 amide bonds. The number of anilines is 6. The third-order valence-corrected chi connectivity index (χ3v) is 13.6. The van der Waals surface area contributed by atoms with E-state index in [4.69, 9.17) is 4.42 Å². The lowest BCUT2D eigenvalue weighted by atomic mass is 9.73. The molecule has 0 saturated heterocycles. The zero-order chi connectivity index (χ0) is 43.6. The normalized spacial score (nSPS) is 14.1. The van der Waals surface area contributed by atoms with Crippen molar-refractivity contribution in [3.05, 3.63) is 277 Å². The van der Waals surface area contributed by atoms with Crippen molar-refractivity contribution in [1.29, 1.82) is 0 Å². The van der Waals surface area contributed by atoms with E-state index in [9.17, 15) is 0 Å². The summed E-state index contributed by atoms with van der Waals surface area (Å²) in [5.41, 5.74) is 19.9. The van der Waals surface area contributed by atoms with Crippen molar-refractivity contribution in [2.24, 2.45) is 0 Å². The van der Waals surface area contributed by atoms with Crippen molar-refractivity contribution < 1.29 is 4.42 Å². The van der Waals surface area contributed by atoms with Gasteiger partial charge in [0.05, 0.1) is 5.69 Å². The zero-order valence-corrected chi connectivity index (χ0v) is 36.1. The summed E-state index contributed by atoms with van der Waals surface area (Å²) in [5, 5.41) is 1.12. The van der Waals surface area contributed by atoms with Crippen LogP contribution in [0.2, 0.25) is 0 Å². The molecule has 1 heterocycles. The van der Waals surface area contributed by atoms with E-state index in [1.54, 1.807) is 0 Å². The molecule has 10 aromatic carbocycles. The number of benzene rings is 10. The van der Waals surface area contributed by atoms with Crippen LogP contribution < -0.4 is 9.80 Å². The molecule has 3 nitrogen and oxygen atoms in total. The highest BCUT2D eigenvalue weighted by Crippen LogP contribution is 2.66. The van der Waals surface area contributed by atoms with Gasteiger partial charge in [0.2, 0.25) is 0 Å². The fraction of sp³-hybridized carbons (Fsp3) is 0.0159. The predicted octanol–water partition coefficient (Wildman–Crippen LogP) is 17.0. The first kappa shape index (κ1) is 37.9. The van der Waals surface area contributed by atoms with Crippen LogP contribution in [0.4, 0.5) is 34.1 Å². The van der Waals surface area contributed by atoms with E-state index in [2.05, 4.69) is 265 Å². The Kier molecular flexibility index (Phi) is 8.75. The van der Waals surface area contributed by atoms with Crippen LogP contribution in [0.25, 0.3) is 55.5 Å². The molecule has 1 atom stereocenters. The molecular formula is C63H42N2O. The quantitative estimate of drug-likeness (QED) is 0.152. The van der Waals surface area contributed by atoms with Crippen molar-refractivity contribution in [3.63, 3.8) is 0 Å². The molecule has 66 heavy (non-hydrogen) atoms.